The van der Waals surface area contributed by atoms with Crippen LogP contribution in [0.3, 0.4) is 0 Å². The number of rotatable bonds is 4. The summed E-state index contributed by atoms with van der Waals surface area (Å²) in [5.74, 6) is 0. The molecule has 1 aliphatic rings. The number of carbonyl (C=O) groups is 1. The smallest absolute Gasteiger partial charge is 0.407 e. The second-order valence-electron chi connectivity index (χ2n) is 4.30. The van der Waals surface area contributed by atoms with Gasteiger partial charge in [0.2, 0.25) is 0 Å². The summed E-state index contributed by atoms with van der Waals surface area (Å²) >= 11 is 0. The zero-order valence-corrected chi connectivity index (χ0v) is 9.57. The number of carboxylic acid groups (broad SMARTS) is 1. The van der Waals surface area contributed by atoms with Gasteiger partial charge in [-0.15, -0.1) is 0 Å². The maximum absolute atomic E-state index is 10.7. The Balaban J connectivity index is 2.12. The molecule has 15 heavy (non-hydrogen) atoms. The first-order valence-electron chi connectivity index (χ1n) is 5.45. The summed E-state index contributed by atoms with van der Waals surface area (Å²) in [5, 5.41) is 12.2. The largest absolute Gasteiger partial charge is 0.465 e. The van der Waals surface area contributed by atoms with E-state index in [4.69, 9.17) is 5.11 Å². The fourth-order valence-corrected chi connectivity index (χ4v) is 1.77. The highest BCUT2D eigenvalue weighted by Gasteiger charge is 2.21. The van der Waals surface area contributed by atoms with E-state index in [0.29, 0.717) is 19.1 Å². The number of hydrogen-bond donors (Lipinski definition) is 2. The first-order valence-corrected chi connectivity index (χ1v) is 5.45. The fraction of sp³-hybridized carbons (Fsp3) is 0.900. The lowest BCUT2D eigenvalue weighted by molar-refractivity contribution is 0.129. The van der Waals surface area contributed by atoms with E-state index in [1.807, 2.05) is 0 Å². The van der Waals surface area contributed by atoms with E-state index in [0.717, 1.165) is 25.9 Å². The van der Waals surface area contributed by atoms with Crippen LogP contribution in [0.4, 0.5) is 4.79 Å². The van der Waals surface area contributed by atoms with Crippen LogP contribution < -0.4 is 5.32 Å². The Bertz CT molecular complexity index is 201. The molecular formula is C10H21N3O2. The average molecular weight is 215 g/mol. The Labute approximate surface area is 91.0 Å². The van der Waals surface area contributed by atoms with Crippen LogP contribution in [0.1, 0.15) is 12.8 Å². The highest BCUT2D eigenvalue weighted by molar-refractivity contribution is 5.65. The molecule has 0 aromatic heterocycles. The van der Waals surface area contributed by atoms with Gasteiger partial charge in [0.25, 0.3) is 0 Å². The Hall–Kier alpha value is -0.810. The maximum atomic E-state index is 10.7. The minimum absolute atomic E-state index is 0.487. The second-order valence-corrected chi connectivity index (χ2v) is 4.30. The summed E-state index contributed by atoms with van der Waals surface area (Å²) in [6, 6.07) is 0.487. The van der Waals surface area contributed by atoms with E-state index in [1.165, 1.54) is 4.90 Å². The molecule has 0 saturated carbocycles. The molecule has 0 unspecified atom stereocenters. The lowest BCUT2D eigenvalue weighted by Gasteiger charge is -2.30. The van der Waals surface area contributed by atoms with E-state index in [9.17, 15) is 4.79 Å². The fourth-order valence-electron chi connectivity index (χ4n) is 1.77. The van der Waals surface area contributed by atoms with Crippen molar-refractivity contribution >= 4 is 6.09 Å². The van der Waals surface area contributed by atoms with E-state index < -0.39 is 6.09 Å². The van der Waals surface area contributed by atoms with Crippen LogP contribution in [0, 0.1) is 0 Å². The maximum Gasteiger partial charge on any atom is 0.407 e. The van der Waals surface area contributed by atoms with E-state index in [2.05, 4.69) is 24.3 Å². The highest BCUT2D eigenvalue weighted by Crippen LogP contribution is 2.09. The SMILES string of the molecule is CN(C)CCNC1CCN(C(=O)O)CC1. The summed E-state index contributed by atoms with van der Waals surface area (Å²) in [7, 11) is 4.10. The van der Waals surface area contributed by atoms with Gasteiger partial charge < -0.3 is 20.2 Å². The lowest BCUT2D eigenvalue weighted by Crippen LogP contribution is -2.45. The van der Waals surface area contributed by atoms with Gasteiger partial charge in [-0.2, -0.15) is 0 Å². The number of hydrogen-bond acceptors (Lipinski definition) is 3. The lowest BCUT2D eigenvalue weighted by atomic mass is 10.1. The van der Waals surface area contributed by atoms with Gasteiger partial charge in [-0.1, -0.05) is 0 Å². The molecule has 1 rings (SSSR count). The Kier molecular flexibility index (Phi) is 4.84. The van der Waals surface area contributed by atoms with Crippen LogP contribution in [0.2, 0.25) is 0 Å². The van der Waals surface area contributed by atoms with Gasteiger partial charge >= 0.3 is 6.09 Å². The van der Waals surface area contributed by atoms with Crippen LogP contribution in [-0.4, -0.2) is 67.3 Å². The molecule has 0 atom stereocenters. The molecule has 1 heterocycles. The van der Waals surface area contributed by atoms with Crippen molar-refractivity contribution in [2.75, 3.05) is 40.3 Å². The number of likely N-dealkylation sites (N-methyl/N-ethyl adjacent to an activating group) is 1. The third-order valence-corrected chi connectivity index (χ3v) is 2.76. The van der Waals surface area contributed by atoms with E-state index in [1.54, 1.807) is 0 Å². The van der Waals surface area contributed by atoms with Crippen LogP contribution in [0.5, 0.6) is 0 Å². The van der Waals surface area contributed by atoms with Gasteiger partial charge in [0.05, 0.1) is 0 Å². The topological polar surface area (TPSA) is 55.8 Å². The van der Waals surface area contributed by atoms with Crippen molar-refractivity contribution in [2.45, 2.75) is 18.9 Å². The van der Waals surface area contributed by atoms with Gasteiger partial charge in [-0.3, -0.25) is 0 Å². The molecule has 1 amide bonds. The van der Waals surface area contributed by atoms with Crippen molar-refractivity contribution in [1.29, 1.82) is 0 Å². The van der Waals surface area contributed by atoms with Gasteiger partial charge in [-0.05, 0) is 26.9 Å². The van der Waals surface area contributed by atoms with Crippen molar-refractivity contribution in [3.8, 4) is 0 Å². The summed E-state index contributed by atoms with van der Waals surface area (Å²) in [6.45, 7) is 3.33. The molecule has 88 valence electrons. The molecule has 5 heteroatoms. The van der Waals surface area contributed by atoms with Crippen molar-refractivity contribution in [3.63, 3.8) is 0 Å². The predicted molar refractivity (Wildman–Crippen MR) is 59.2 cm³/mol. The molecule has 0 spiro atoms. The van der Waals surface area contributed by atoms with Crippen molar-refractivity contribution < 1.29 is 9.90 Å². The van der Waals surface area contributed by atoms with Crippen molar-refractivity contribution in [3.05, 3.63) is 0 Å². The predicted octanol–water partition coefficient (Wildman–Crippen LogP) is 0.280. The first kappa shape index (κ1) is 12.3. The molecule has 1 saturated heterocycles. The molecule has 0 aromatic rings. The van der Waals surface area contributed by atoms with E-state index >= 15 is 0 Å². The molecular weight excluding hydrogens is 194 g/mol. The Morgan fingerprint density at radius 2 is 2.07 bits per heavy atom. The van der Waals surface area contributed by atoms with Gasteiger partial charge in [0.15, 0.2) is 0 Å². The molecule has 0 aromatic carbocycles. The Morgan fingerprint density at radius 1 is 1.47 bits per heavy atom. The molecule has 2 N–H and O–H groups in total. The zero-order valence-electron chi connectivity index (χ0n) is 9.57. The summed E-state index contributed by atoms with van der Waals surface area (Å²) in [6.07, 6.45) is 1.07. The van der Waals surface area contributed by atoms with Gasteiger partial charge in [0, 0.05) is 32.2 Å². The average Bonchev–Trinajstić information content (AvgIpc) is 2.18. The van der Waals surface area contributed by atoms with Crippen LogP contribution in [-0.2, 0) is 0 Å². The molecule has 1 fully saturated rings. The second kappa shape index (κ2) is 5.92. The first-order chi connectivity index (χ1) is 7.09. The van der Waals surface area contributed by atoms with Gasteiger partial charge in [-0.25, -0.2) is 4.79 Å². The highest BCUT2D eigenvalue weighted by atomic mass is 16.4. The number of nitrogens with one attached hydrogen (secondary N) is 1. The molecule has 0 aliphatic carbocycles. The summed E-state index contributed by atoms with van der Waals surface area (Å²) in [5.41, 5.74) is 0. The number of nitrogens with zero attached hydrogens (tertiary/aromatic N) is 2. The molecule has 0 radical (unpaired) electrons. The minimum Gasteiger partial charge on any atom is -0.465 e. The summed E-state index contributed by atoms with van der Waals surface area (Å²) < 4.78 is 0. The van der Waals surface area contributed by atoms with Crippen LogP contribution in [0.15, 0.2) is 0 Å². The third-order valence-electron chi connectivity index (χ3n) is 2.76. The van der Waals surface area contributed by atoms with E-state index in [-0.39, 0.29) is 0 Å². The van der Waals surface area contributed by atoms with Crippen LogP contribution in [0.25, 0.3) is 0 Å². The van der Waals surface area contributed by atoms with Crippen molar-refractivity contribution in [2.24, 2.45) is 0 Å². The number of amides is 1. The van der Waals surface area contributed by atoms with Gasteiger partial charge in [0.1, 0.15) is 0 Å². The third kappa shape index (κ3) is 4.48. The summed E-state index contributed by atoms with van der Waals surface area (Å²) in [4.78, 5) is 14.3. The molecule has 0 bridgehead atoms. The minimum atomic E-state index is -0.790. The molecule has 5 nitrogen and oxygen atoms in total. The number of likely N-dealkylation sites (tertiary alicyclic amines) is 1. The Morgan fingerprint density at radius 3 is 2.53 bits per heavy atom. The normalized spacial score (nSPS) is 18.5. The number of piperidine rings is 1. The van der Waals surface area contributed by atoms with Crippen molar-refractivity contribution in [1.82, 2.24) is 15.1 Å². The van der Waals surface area contributed by atoms with Crippen LogP contribution >= 0.6 is 0 Å². The monoisotopic (exact) mass is 215 g/mol. The molecule has 1 aliphatic heterocycles. The standard InChI is InChI=1S/C10H21N3O2/c1-12(2)8-5-11-9-3-6-13(7-4-9)10(14)15/h9,11H,3-8H2,1-2H3,(H,14,15). The quantitative estimate of drug-likeness (QED) is 0.707. The zero-order chi connectivity index (χ0) is 11.3.